The Balaban J connectivity index is 2.02. The van der Waals surface area contributed by atoms with Crippen LogP contribution in [0.2, 0.25) is 0 Å². The number of benzene rings is 1. The van der Waals surface area contributed by atoms with Crippen molar-refractivity contribution in [1.82, 2.24) is 0 Å². The number of rotatable bonds is 3. The Kier molecular flexibility index (Phi) is 3.79. The summed E-state index contributed by atoms with van der Waals surface area (Å²) >= 11 is 0. The van der Waals surface area contributed by atoms with Crippen LogP contribution in [0.4, 0.5) is 5.69 Å². The molecule has 1 amide bonds. The summed E-state index contributed by atoms with van der Waals surface area (Å²) < 4.78 is 0. The van der Waals surface area contributed by atoms with Crippen LogP contribution in [-0.4, -0.2) is 5.91 Å². The minimum Gasteiger partial charge on any atom is -0.326 e. The van der Waals surface area contributed by atoms with Gasteiger partial charge in [-0.2, -0.15) is 0 Å². The van der Waals surface area contributed by atoms with Crippen LogP contribution in [0.1, 0.15) is 31.7 Å². The van der Waals surface area contributed by atoms with Gasteiger partial charge in [0.15, 0.2) is 0 Å². The zero-order valence-corrected chi connectivity index (χ0v) is 10.3. The molecule has 0 spiro atoms. The summed E-state index contributed by atoms with van der Waals surface area (Å²) in [6.45, 7) is 2.66. The molecule has 17 heavy (non-hydrogen) atoms. The zero-order chi connectivity index (χ0) is 12.3. The molecule has 0 saturated heterocycles. The number of carbonyl (C=O) groups is 1. The number of anilines is 1. The van der Waals surface area contributed by atoms with E-state index in [1.54, 1.807) is 0 Å². The van der Waals surface area contributed by atoms with Crippen LogP contribution in [0.3, 0.4) is 0 Å². The standard InChI is InChI=1S/C14H20N2O/c1-10-4-2-7-13(10)14(17)16-12-6-3-5-11(8-12)9-15/h3,5-6,8,10,13H,2,4,7,9,15H2,1H3,(H,16,17). The average Bonchev–Trinajstić information content (AvgIpc) is 2.76. The van der Waals surface area contributed by atoms with Crippen molar-refractivity contribution in [2.45, 2.75) is 32.7 Å². The lowest BCUT2D eigenvalue weighted by atomic mass is 9.97. The fourth-order valence-electron chi connectivity index (χ4n) is 2.55. The van der Waals surface area contributed by atoms with Gasteiger partial charge in [-0.1, -0.05) is 25.5 Å². The molecule has 1 aliphatic carbocycles. The van der Waals surface area contributed by atoms with Gasteiger partial charge < -0.3 is 11.1 Å². The summed E-state index contributed by atoms with van der Waals surface area (Å²) in [5.41, 5.74) is 7.48. The van der Waals surface area contributed by atoms with E-state index in [4.69, 9.17) is 5.73 Å². The predicted octanol–water partition coefficient (Wildman–Crippen LogP) is 2.52. The first-order chi connectivity index (χ1) is 8.20. The molecule has 1 aromatic rings. The van der Waals surface area contributed by atoms with Gasteiger partial charge in [0.25, 0.3) is 0 Å². The minimum atomic E-state index is 0.157. The van der Waals surface area contributed by atoms with E-state index in [1.807, 2.05) is 24.3 Å². The molecule has 0 radical (unpaired) electrons. The first-order valence-corrected chi connectivity index (χ1v) is 6.30. The molecule has 2 atom stereocenters. The number of hydrogen-bond acceptors (Lipinski definition) is 2. The summed E-state index contributed by atoms with van der Waals surface area (Å²) in [6.07, 6.45) is 3.35. The molecule has 0 aliphatic heterocycles. The van der Waals surface area contributed by atoms with E-state index < -0.39 is 0 Å². The van der Waals surface area contributed by atoms with Crippen molar-refractivity contribution in [3.05, 3.63) is 29.8 Å². The second-order valence-corrected chi connectivity index (χ2v) is 4.91. The Morgan fingerprint density at radius 1 is 1.47 bits per heavy atom. The van der Waals surface area contributed by atoms with Crippen LogP contribution in [-0.2, 0) is 11.3 Å². The summed E-state index contributed by atoms with van der Waals surface area (Å²) in [6, 6.07) is 7.75. The van der Waals surface area contributed by atoms with E-state index in [0.29, 0.717) is 12.5 Å². The van der Waals surface area contributed by atoms with Gasteiger partial charge in [0.1, 0.15) is 0 Å². The number of carbonyl (C=O) groups excluding carboxylic acids is 1. The average molecular weight is 232 g/mol. The zero-order valence-electron chi connectivity index (χ0n) is 10.3. The third kappa shape index (κ3) is 2.86. The van der Waals surface area contributed by atoms with Gasteiger partial charge in [-0.15, -0.1) is 0 Å². The van der Waals surface area contributed by atoms with Crippen molar-refractivity contribution in [3.63, 3.8) is 0 Å². The predicted molar refractivity (Wildman–Crippen MR) is 69.5 cm³/mol. The summed E-state index contributed by atoms with van der Waals surface area (Å²) in [5, 5.41) is 2.99. The van der Waals surface area contributed by atoms with Gasteiger partial charge >= 0.3 is 0 Å². The molecule has 1 aliphatic rings. The highest BCUT2D eigenvalue weighted by molar-refractivity contribution is 5.92. The van der Waals surface area contributed by atoms with Crippen molar-refractivity contribution in [2.75, 3.05) is 5.32 Å². The number of hydrogen-bond donors (Lipinski definition) is 2. The van der Waals surface area contributed by atoms with Gasteiger partial charge in [0.2, 0.25) is 5.91 Å². The lowest BCUT2D eigenvalue weighted by molar-refractivity contribution is -0.120. The van der Waals surface area contributed by atoms with Crippen molar-refractivity contribution in [2.24, 2.45) is 17.6 Å². The first-order valence-electron chi connectivity index (χ1n) is 6.30. The summed E-state index contributed by atoms with van der Waals surface area (Å²) in [5.74, 6) is 0.841. The number of nitrogens with one attached hydrogen (secondary N) is 1. The van der Waals surface area contributed by atoms with Crippen molar-refractivity contribution in [1.29, 1.82) is 0 Å². The van der Waals surface area contributed by atoms with Crippen molar-refractivity contribution >= 4 is 11.6 Å². The summed E-state index contributed by atoms with van der Waals surface area (Å²) in [4.78, 5) is 12.1. The Morgan fingerprint density at radius 3 is 2.94 bits per heavy atom. The maximum absolute atomic E-state index is 12.1. The lowest BCUT2D eigenvalue weighted by Gasteiger charge is -2.15. The third-order valence-electron chi connectivity index (χ3n) is 3.63. The van der Waals surface area contributed by atoms with Crippen LogP contribution in [0.25, 0.3) is 0 Å². The molecule has 1 aromatic carbocycles. The normalized spacial score (nSPS) is 23.6. The van der Waals surface area contributed by atoms with Gasteiger partial charge in [-0.3, -0.25) is 4.79 Å². The molecule has 2 unspecified atom stereocenters. The van der Waals surface area contributed by atoms with E-state index in [9.17, 15) is 4.79 Å². The van der Waals surface area contributed by atoms with Gasteiger partial charge in [-0.05, 0) is 36.5 Å². The Morgan fingerprint density at radius 2 is 2.29 bits per heavy atom. The molecule has 1 saturated carbocycles. The molecule has 92 valence electrons. The molecule has 1 fully saturated rings. The summed E-state index contributed by atoms with van der Waals surface area (Å²) in [7, 11) is 0. The maximum atomic E-state index is 12.1. The van der Waals surface area contributed by atoms with E-state index >= 15 is 0 Å². The van der Waals surface area contributed by atoms with Crippen LogP contribution >= 0.6 is 0 Å². The van der Waals surface area contributed by atoms with Crippen LogP contribution in [0, 0.1) is 11.8 Å². The largest absolute Gasteiger partial charge is 0.326 e. The van der Waals surface area contributed by atoms with Crippen molar-refractivity contribution in [3.8, 4) is 0 Å². The quantitative estimate of drug-likeness (QED) is 0.841. The molecule has 0 bridgehead atoms. The maximum Gasteiger partial charge on any atom is 0.227 e. The molecular weight excluding hydrogens is 212 g/mol. The second kappa shape index (κ2) is 5.32. The van der Waals surface area contributed by atoms with E-state index in [0.717, 1.165) is 17.7 Å². The Labute approximate surface area is 102 Å². The first kappa shape index (κ1) is 12.1. The number of nitrogens with two attached hydrogens (primary N) is 1. The van der Waals surface area contributed by atoms with E-state index in [2.05, 4.69) is 12.2 Å². The van der Waals surface area contributed by atoms with E-state index in [1.165, 1.54) is 12.8 Å². The molecule has 0 aromatic heterocycles. The van der Waals surface area contributed by atoms with E-state index in [-0.39, 0.29) is 11.8 Å². The second-order valence-electron chi connectivity index (χ2n) is 4.91. The van der Waals surface area contributed by atoms with Gasteiger partial charge in [-0.25, -0.2) is 0 Å². The topological polar surface area (TPSA) is 55.1 Å². The minimum absolute atomic E-state index is 0.157. The smallest absolute Gasteiger partial charge is 0.227 e. The molecule has 3 nitrogen and oxygen atoms in total. The van der Waals surface area contributed by atoms with Crippen molar-refractivity contribution < 1.29 is 4.79 Å². The highest BCUT2D eigenvalue weighted by atomic mass is 16.1. The SMILES string of the molecule is CC1CCCC1C(=O)Nc1cccc(CN)c1. The monoisotopic (exact) mass is 232 g/mol. The third-order valence-corrected chi connectivity index (χ3v) is 3.63. The fraction of sp³-hybridized carbons (Fsp3) is 0.500. The Bertz CT molecular complexity index is 403. The molecule has 0 heterocycles. The number of amides is 1. The lowest BCUT2D eigenvalue weighted by Crippen LogP contribution is -2.24. The molecule has 3 N–H and O–H groups in total. The van der Waals surface area contributed by atoms with Gasteiger partial charge in [0, 0.05) is 18.2 Å². The van der Waals surface area contributed by atoms with Crippen LogP contribution < -0.4 is 11.1 Å². The molecular formula is C14H20N2O. The highest BCUT2D eigenvalue weighted by Crippen LogP contribution is 2.32. The fourth-order valence-corrected chi connectivity index (χ4v) is 2.55. The van der Waals surface area contributed by atoms with Crippen LogP contribution in [0.15, 0.2) is 24.3 Å². The van der Waals surface area contributed by atoms with Gasteiger partial charge in [0.05, 0.1) is 0 Å². The molecule has 2 rings (SSSR count). The molecule has 3 heteroatoms. The van der Waals surface area contributed by atoms with Crippen LogP contribution in [0.5, 0.6) is 0 Å². The Hall–Kier alpha value is -1.35. The highest BCUT2D eigenvalue weighted by Gasteiger charge is 2.29.